The summed E-state index contributed by atoms with van der Waals surface area (Å²) in [5.74, 6) is 4.31. The zero-order chi connectivity index (χ0) is 15.2. The minimum absolute atomic E-state index is 0.323. The predicted molar refractivity (Wildman–Crippen MR) is 88.0 cm³/mol. The van der Waals surface area contributed by atoms with E-state index in [2.05, 4.69) is 22.0 Å². The number of benzene rings is 1. The average Bonchev–Trinajstić information content (AvgIpc) is 3.10. The Morgan fingerprint density at radius 2 is 2.00 bits per heavy atom. The van der Waals surface area contributed by atoms with Gasteiger partial charge in [0, 0.05) is 24.6 Å². The summed E-state index contributed by atoms with van der Waals surface area (Å²) in [5, 5.41) is 3.54. The second kappa shape index (κ2) is 5.41. The highest BCUT2D eigenvalue weighted by atomic mass is 16.7. The van der Waals surface area contributed by atoms with E-state index in [1.54, 1.807) is 0 Å². The molecule has 5 heteroatoms. The minimum atomic E-state index is 0.323. The van der Waals surface area contributed by atoms with Crippen LogP contribution < -0.4 is 14.8 Å². The van der Waals surface area contributed by atoms with Gasteiger partial charge in [-0.2, -0.15) is 0 Å². The number of aromatic nitrogens is 2. The molecule has 5 rings (SSSR count). The normalized spacial score (nSPS) is 24.1. The smallest absolute Gasteiger partial charge is 0.231 e. The summed E-state index contributed by atoms with van der Waals surface area (Å²) in [5.41, 5.74) is 2.27. The van der Waals surface area contributed by atoms with Crippen molar-refractivity contribution in [3.8, 4) is 11.5 Å². The first-order valence-corrected chi connectivity index (χ1v) is 8.89. The molecule has 1 aromatic carbocycles. The van der Waals surface area contributed by atoms with E-state index < -0.39 is 0 Å². The van der Waals surface area contributed by atoms with Crippen molar-refractivity contribution in [1.29, 1.82) is 0 Å². The molecule has 23 heavy (non-hydrogen) atoms. The Hall–Kier alpha value is -1.75. The van der Waals surface area contributed by atoms with Crippen LogP contribution in [0.15, 0.2) is 12.1 Å². The van der Waals surface area contributed by atoms with E-state index in [0.29, 0.717) is 18.6 Å². The Kier molecular flexibility index (Phi) is 3.21. The van der Waals surface area contributed by atoms with Gasteiger partial charge in [0.2, 0.25) is 6.79 Å². The number of hydrogen-bond donors (Lipinski definition) is 1. The van der Waals surface area contributed by atoms with Gasteiger partial charge in [-0.15, -0.1) is 0 Å². The summed E-state index contributed by atoms with van der Waals surface area (Å²) < 4.78 is 13.6. The van der Waals surface area contributed by atoms with E-state index in [0.717, 1.165) is 36.6 Å². The van der Waals surface area contributed by atoms with Crippen molar-refractivity contribution < 1.29 is 9.47 Å². The lowest BCUT2D eigenvalue weighted by molar-refractivity contribution is 0.174. The fourth-order valence-electron chi connectivity index (χ4n) is 4.04. The molecule has 0 spiro atoms. The fourth-order valence-corrected chi connectivity index (χ4v) is 4.04. The molecule has 2 fully saturated rings. The lowest BCUT2D eigenvalue weighted by Crippen LogP contribution is -2.32. The third-order valence-electron chi connectivity index (χ3n) is 5.58. The molecular formula is C18H23N3O2. The highest BCUT2D eigenvalue weighted by Gasteiger charge is 2.28. The zero-order valence-electron chi connectivity index (χ0n) is 13.4. The predicted octanol–water partition coefficient (Wildman–Crippen LogP) is 3.03. The molecule has 0 amide bonds. The van der Waals surface area contributed by atoms with Crippen molar-refractivity contribution in [3.63, 3.8) is 0 Å². The van der Waals surface area contributed by atoms with Crippen LogP contribution in [0.5, 0.6) is 11.5 Å². The lowest BCUT2D eigenvalue weighted by atomic mass is 9.84. The monoisotopic (exact) mass is 313 g/mol. The van der Waals surface area contributed by atoms with E-state index in [-0.39, 0.29) is 0 Å². The molecule has 2 aliphatic heterocycles. The van der Waals surface area contributed by atoms with Gasteiger partial charge in [0.05, 0.1) is 11.0 Å². The molecule has 0 radical (unpaired) electrons. The number of imidazole rings is 1. The van der Waals surface area contributed by atoms with E-state index in [9.17, 15) is 0 Å². The highest BCUT2D eigenvalue weighted by Crippen LogP contribution is 2.41. The van der Waals surface area contributed by atoms with Gasteiger partial charge in [-0.05, 0) is 44.7 Å². The van der Waals surface area contributed by atoms with Gasteiger partial charge < -0.3 is 19.4 Å². The molecule has 1 aliphatic carbocycles. The Morgan fingerprint density at radius 1 is 1.13 bits per heavy atom. The molecular weight excluding hydrogens is 290 g/mol. The summed E-state index contributed by atoms with van der Waals surface area (Å²) in [6.07, 6.45) is 6.48. The Balaban J connectivity index is 1.58. The van der Waals surface area contributed by atoms with Crippen LogP contribution in [0.4, 0.5) is 0 Å². The van der Waals surface area contributed by atoms with E-state index in [1.165, 1.54) is 43.4 Å². The molecule has 1 saturated carbocycles. The molecule has 0 bridgehead atoms. The van der Waals surface area contributed by atoms with E-state index in [1.807, 2.05) is 0 Å². The van der Waals surface area contributed by atoms with Crippen molar-refractivity contribution in [1.82, 2.24) is 14.9 Å². The van der Waals surface area contributed by atoms with Crippen LogP contribution in [0.2, 0.25) is 0 Å². The quantitative estimate of drug-likeness (QED) is 0.946. The topological polar surface area (TPSA) is 48.3 Å². The summed E-state index contributed by atoms with van der Waals surface area (Å²) in [4.78, 5) is 4.98. The molecule has 2 aromatic rings. The molecule has 1 N–H and O–H groups in total. The molecule has 1 unspecified atom stereocenters. The largest absolute Gasteiger partial charge is 0.454 e. The second-order valence-corrected chi connectivity index (χ2v) is 7.11. The first-order valence-electron chi connectivity index (χ1n) is 8.89. The van der Waals surface area contributed by atoms with Gasteiger partial charge >= 0.3 is 0 Å². The third kappa shape index (κ3) is 2.29. The fraction of sp³-hybridized carbons (Fsp3) is 0.611. The van der Waals surface area contributed by atoms with Gasteiger partial charge in [0.1, 0.15) is 5.82 Å². The van der Waals surface area contributed by atoms with Crippen LogP contribution >= 0.6 is 0 Å². The summed E-state index contributed by atoms with van der Waals surface area (Å²) in [7, 11) is 0. The molecule has 122 valence electrons. The zero-order valence-corrected chi connectivity index (χ0v) is 13.4. The Labute approximate surface area is 136 Å². The average molecular weight is 313 g/mol. The van der Waals surface area contributed by atoms with E-state index in [4.69, 9.17) is 14.5 Å². The number of nitrogens with zero attached hydrogens (tertiary/aromatic N) is 2. The van der Waals surface area contributed by atoms with Gasteiger partial charge in [0.15, 0.2) is 11.5 Å². The van der Waals surface area contributed by atoms with Crippen LogP contribution in [0.3, 0.4) is 0 Å². The SMILES string of the molecule is c1c2c(cc3c1nc(C1CCC1)n3CC1CCCNC1)OCO2. The van der Waals surface area contributed by atoms with Gasteiger partial charge in [0.25, 0.3) is 0 Å². The summed E-state index contributed by atoms with van der Waals surface area (Å²) >= 11 is 0. The van der Waals surface area contributed by atoms with Crippen LogP contribution in [-0.4, -0.2) is 29.4 Å². The van der Waals surface area contributed by atoms with Gasteiger partial charge in [-0.3, -0.25) is 0 Å². The first kappa shape index (κ1) is 13.7. The van der Waals surface area contributed by atoms with E-state index >= 15 is 0 Å². The molecule has 3 aliphatic rings. The molecule has 5 nitrogen and oxygen atoms in total. The number of fused-ring (bicyclic) bond motifs is 2. The highest BCUT2D eigenvalue weighted by molar-refractivity contribution is 5.81. The Morgan fingerprint density at radius 3 is 2.74 bits per heavy atom. The molecule has 3 heterocycles. The maximum absolute atomic E-state index is 5.59. The second-order valence-electron chi connectivity index (χ2n) is 7.11. The standard InChI is InChI=1S/C18H23N3O2/c1-4-13(5-1)18-20-14-7-16-17(23-11-22-16)8-15(14)21(18)10-12-3-2-6-19-9-12/h7-8,12-13,19H,1-6,9-11H2. The van der Waals surface area contributed by atoms with Crippen molar-refractivity contribution >= 4 is 11.0 Å². The van der Waals surface area contributed by atoms with Crippen LogP contribution in [0.1, 0.15) is 43.8 Å². The van der Waals surface area contributed by atoms with Gasteiger partial charge in [-0.25, -0.2) is 4.98 Å². The van der Waals surface area contributed by atoms with Crippen LogP contribution in [0.25, 0.3) is 11.0 Å². The number of piperidine rings is 1. The summed E-state index contributed by atoms with van der Waals surface area (Å²) in [6, 6.07) is 4.18. The van der Waals surface area contributed by atoms with Crippen molar-refractivity contribution in [2.24, 2.45) is 5.92 Å². The van der Waals surface area contributed by atoms with Crippen molar-refractivity contribution in [2.75, 3.05) is 19.9 Å². The van der Waals surface area contributed by atoms with Gasteiger partial charge in [-0.1, -0.05) is 6.42 Å². The molecule has 1 saturated heterocycles. The number of hydrogen-bond acceptors (Lipinski definition) is 4. The maximum atomic E-state index is 5.59. The van der Waals surface area contributed by atoms with Crippen LogP contribution in [0, 0.1) is 5.92 Å². The number of nitrogens with one attached hydrogen (secondary N) is 1. The molecule has 1 aromatic heterocycles. The molecule has 1 atom stereocenters. The van der Waals surface area contributed by atoms with Crippen molar-refractivity contribution in [3.05, 3.63) is 18.0 Å². The Bertz CT molecular complexity index is 729. The number of rotatable bonds is 3. The van der Waals surface area contributed by atoms with Crippen molar-refractivity contribution in [2.45, 2.75) is 44.6 Å². The summed E-state index contributed by atoms with van der Waals surface area (Å²) in [6.45, 7) is 3.67. The first-order chi connectivity index (χ1) is 11.4. The lowest BCUT2D eigenvalue weighted by Gasteiger charge is -2.28. The minimum Gasteiger partial charge on any atom is -0.454 e. The third-order valence-corrected chi connectivity index (χ3v) is 5.58. The van der Waals surface area contributed by atoms with Crippen LogP contribution in [-0.2, 0) is 6.54 Å². The maximum Gasteiger partial charge on any atom is 0.231 e. The number of ether oxygens (including phenoxy) is 2.